The molecule has 110 valence electrons. The molecule has 21 heavy (non-hydrogen) atoms. The molecule has 2 aromatic carbocycles. The quantitative estimate of drug-likeness (QED) is 0.405. The maximum absolute atomic E-state index is 13.4. The van der Waals surface area contributed by atoms with Gasteiger partial charge in [-0.1, -0.05) is 0 Å². The number of halogens is 4. The van der Waals surface area contributed by atoms with Crippen LogP contribution in [0.4, 0.5) is 28.9 Å². The lowest BCUT2D eigenvalue weighted by atomic mass is 10.2. The van der Waals surface area contributed by atoms with Crippen LogP contribution in [0, 0.1) is 33.4 Å². The van der Waals surface area contributed by atoms with E-state index in [0.717, 1.165) is 30.3 Å². The summed E-state index contributed by atoms with van der Waals surface area (Å²) in [5.74, 6) is -5.21. The second-order valence-corrected chi connectivity index (χ2v) is 4.15. The third kappa shape index (κ3) is 3.28. The number of nitrogens with zero attached hydrogens (tertiary/aromatic N) is 1. The fraction of sp³-hybridized carbons (Fsp3) is 0.0769. The molecule has 8 heteroatoms. The van der Waals surface area contributed by atoms with Gasteiger partial charge in [-0.3, -0.25) is 10.1 Å². The van der Waals surface area contributed by atoms with Crippen molar-refractivity contribution in [3.8, 4) is 0 Å². The van der Waals surface area contributed by atoms with Gasteiger partial charge in [0.15, 0.2) is 17.5 Å². The van der Waals surface area contributed by atoms with Crippen molar-refractivity contribution in [2.24, 2.45) is 0 Å². The Morgan fingerprint density at radius 1 is 1.05 bits per heavy atom. The zero-order valence-electron chi connectivity index (χ0n) is 10.4. The van der Waals surface area contributed by atoms with Crippen LogP contribution < -0.4 is 5.32 Å². The zero-order valence-corrected chi connectivity index (χ0v) is 10.4. The smallest absolute Gasteiger partial charge is 0.272 e. The summed E-state index contributed by atoms with van der Waals surface area (Å²) in [4.78, 5) is 9.81. The molecule has 0 heterocycles. The number of rotatable bonds is 4. The van der Waals surface area contributed by atoms with Gasteiger partial charge >= 0.3 is 0 Å². The highest BCUT2D eigenvalue weighted by Gasteiger charge is 2.14. The maximum Gasteiger partial charge on any atom is 0.272 e. The summed E-state index contributed by atoms with van der Waals surface area (Å²) in [6.45, 7) is -0.194. The number of non-ortho nitro benzene ring substituents is 1. The molecule has 0 bridgehead atoms. The van der Waals surface area contributed by atoms with Gasteiger partial charge in [-0.05, 0) is 23.8 Å². The van der Waals surface area contributed by atoms with E-state index in [0.29, 0.717) is 0 Å². The third-order valence-corrected chi connectivity index (χ3v) is 2.67. The first-order valence-corrected chi connectivity index (χ1v) is 5.69. The molecule has 2 aromatic rings. The normalized spacial score (nSPS) is 10.5. The van der Waals surface area contributed by atoms with Gasteiger partial charge < -0.3 is 5.32 Å². The Bertz CT molecular complexity index is 707. The summed E-state index contributed by atoms with van der Waals surface area (Å²) in [5, 5.41) is 13.0. The van der Waals surface area contributed by atoms with Gasteiger partial charge in [-0.25, -0.2) is 17.6 Å². The van der Waals surface area contributed by atoms with E-state index >= 15 is 0 Å². The Morgan fingerprint density at radius 2 is 1.76 bits per heavy atom. The number of benzene rings is 2. The predicted octanol–water partition coefficient (Wildman–Crippen LogP) is 3.76. The van der Waals surface area contributed by atoms with E-state index < -0.39 is 33.9 Å². The molecule has 4 nitrogen and oxygen atoms in total. The Labute approximate surface area is 116 Å². The van der Waals surface area contributed by atoms with Crippen molar-refractivity contribution in [2.45, 2.75) is 6.54 Å². The minimum Gasteiger partial charge on any atom is -0.379 e. The van der Waals surface area contributed by atoms with E-state index in [2.05, 4.69) is 5.32 Å². The fourth-order valence-corrected chi connectivity index (χ4v) is 1.70. The molecule has 2 rings (SSSR count). The minimum absolute atomic E-state index is 0.158. The SMILES string of the molecule is O=[N+]([O-])c1cc(F)cc(CNc2ccc(F)c(F)c2F)c1. The van der Waals surface area contributed by atoms with Crippen LogP contribution in [0.25, 0.3) is 0 Å². The van der Waals surface area contributed by atoms with Crippen molar-refractivity contribution in [1.82, 2.24) is 0 Å². The van der Waals surface area contributed by atoms with Crippen LogP contribution in [-0.2, 0) is 6.54 Å². The molecule has 0 unspecified atom stereocenters. The molecule has 0 atom stereocenters. The lowest BCUT2D eigenvalue weighted by Gasteiger charge is -2.08. The van der Waals surface area contributed by atoms with Gasteiger partial charge in [0.05, 0.1) is 16.7 Å². The lowest BCUT2D eigenvalue weighted by Crippen LogP contribution is -2.05. The van der Waals surface area contributed by atoms with Crippen molar-refractivity contribution < 1.29 is 22.5 Å². The summed E-state index contributed by atoms with van der Waals surface area (Å²) >= 11 is 0. The fourth-order valence-electron chi connectivity index (χ4n) is 1.70. The summed E-state index contributed by atoms with van der Waals surface area (Å²) in [6, 6.07) is 4.55. The molecule has 0 amide bonds. The summed E-state index contributed by atoms with van der Waals surface area (Å²) in [6.07, 6.45) is 0. The standard InChI is InChI=1S/C13H8F4N2O2/c14-8-3-7(4-9(5-8)19(20)21)6-18-11-2-1-10(15)12(16)13(11)17/h1-5,18H,6H2. The van der Waals surface area contributed by atoms with Crippen LogP contribution in [0.2, 0.25) is 0 Å². The molecule has 0 spiro atoms. The second kappa shape index (κ2) is 5.78. The molecule has 0 saturated heterocycles. The molecule has 0 aromatic heterocycles. The van der Waals surface area contributed by atoms with Crippen LogP contribution in [0.1, 0.15) is 5.56 Å². The van der Waals surface area contributed by atoms with Crippen molar-refractivity contribution >= 4 is 11.4 Å². The molecule has 0 fully saturated rings. The second-order valence-electron chi connectivity index (χ2n) is 4.15. The summed E-state index contributed by atoms with van der Waals surface area (Å²) < 4.78 is 52.3. The minimum atomic E-state index is -1.63. The average molecular weight is 300 g/mol. The van der Waals surface area contributed by atoms with Crippen LogP contribution in [-0.4, -0.2) is 4.92 Å². The van der Waals surface area contributed by atoms with E-state index in [-0.39, 0.29) is 17.8 Å². The third-order valence-electron chi connectivity index (χ3n) is 2.67. The first-order valence-electron chi connectivity index (χ1n) is 5.69. The number of nitrogens with one attached hydrogen (secondary N) is 1. The lowest BCUT2D eigenvalue weighted by molar-refractivity contribution is -0.385. The number of hydrogen-bond donors (Lipinski definition) is 1. The highest BCUT2D eigenvalue weighted by Crippen LogP contribution is 2.21. The van der Waals surface area contributed by atoms with Crippen molar-refractivity contribution in [3.63, 3.8) is 0 Å². The monoisotopic (exact) mass is 300 g/mol. The van der Waals surface area contributed by atoms with Crippen LogP contribution in [0.5, 0.6) is 0 Å². The Morgan fingerprint density at radius 3 is 2.43 bits per heavy atom. The van der Waals surface area contributed by atoms with E-state index in [4.69, 9.17) is 0 Å². The van der Waals surface area contributed by atoms with E-state index in [9.17, 15) is 27.7 Å². The Kier molecular flexibility index (Phi) is 4.06. The highest BCUT2D eigenvalue weighted by atomic mass is 19.2. The Hall–Kier alpha value is -2.64. The average Bonchev–Trinajstić information content (AvgIpc) is 2.43. The van der Waals surface area contributed by atoms with Crippen LogP contribution in [0.15, 0.2) is 30.3 Å². The highest BCUT2D eigenvalue weighted by molar-refractivity contribution is 5.46. The van der Waals surface area contributed by atoms with Gasteiger partial charge in [0.2, 0.25) is 0 Å². The summed E-state index contributed by atoms with van der Waals surface area (Å²) in [5.41, 5.74) is -0.635. The van der Waals surface area contributed by atoms with Gasteiger partial charge in [-0.2, -0.15) is 0 Å². The molecule has 0 aliphatic heterocycles. The topological polar surface area (TPSA) is 55.2 Å². The van der Waals surface area contributed by atoms with E-state index in [1.54, 1.807) is 0 Å². The molecular weight excluding hydrogens is 292 g/mol. The number of hydrogen-bond acceptors (Lipinski definition) is 3. The van der Waals surface area contributed by atoms with Crippen molar-refractivity contribution in [3.05, 3.63) is 69.3 Å². The zero-order chi connectivity index (χ0) is 15.6. The van der Waals surface area contributed by atoms with Crippen molar-refractivity contribution in [2.75, 3.05) is 5.32 Å². The van der Waals surface area contributed by atoms with Gasteiger partial charge in [0.1, 0.15) is 5.82 Å². The molecule has 0 radical (unpaired) electrons. The largest absolute Gasteiger partial charge is 0.379 e. The molecule has 0 aliphatic rings. The Balaban J connectivity index is 2.21. The first-order chi connectivity index (χ1) is 9.88. The summed E-state index contributed by atoms with van der Waals surface area (Å²) in [7, 11) is 0. The number of nitro groups is 1. The number of anilines is 1. The first kappa shape index (κ1) is 14.8. The van der Waals surface area contributed by atoms with E-state index in [1.807, 2.05) is 0 Å². The van der Waals surface area contributed by atoms with Gasteiger partial charge in [-0.15, -0.1) is 0 Å². The van der Waals surface area contributed by atoms with Crippen LogP contribution in [0.3, 0.4) is 0 Å². The van der Waals surface area contributed by atoms with Gasteiger partial charge in [0, 0.05) is 12.6 Å². The van der Waals surface area contributed by atoms with Crippen molar-refractivity contribution in [1.29, 1.82) is 0 Å². The molecular formula is C13H8F4N2O2. The van der Waals surface area contributed by atoms with Crippen LogP contribution >= 0.6 is 0 Å². The maximum atomic E-state index is 13.4. The molecule has 0 aliphatic carbocycles. The number of nitro benzene ring substituents is 1. The van der Waals surface area contributed by atoms with Gasteiger partial charge in [0.25, 0.3) is 5.69 Å². The molecule has 1 N–H and O–H groups in total. The van der Waals surface area contributed by atoms with E-state index in [1.165, 1.54) is 0 Å². The predicted molar refractivity (Wildman–Crippen MR) is 66.7 cm³/mol. The molecule has 0 saturated carbocycles.